The summed E-state index contributed by atoms with van der Waals surface area (Å²) >= 11 is 0. The Morgan fingerprint density at radius 3 is 2.11 bits per heavy atom. The molecule has 1 atom stereocenters. The first-order valence-electron chi connectivity index (χ1n) is 6.34. The highest BCUT2D eigenvalue weighted by atomic mass is 16.2. The highest BCUT2D eigenvalue weighted by molar-refractivity contribution is 5.79. The van der Waals surface area contributed by atoms with E-state index >= 15 is 0 Å². The van der Waals surface area contributed by atoms with Gasteiger partial charge in [-0.15, -0.1) is 0 Å². The minimum absolute atomic E-state index is 0.108. The molecule has 0 bridgehead atoms. The summed E-state index contributed by atoms with van der Waals surface area (Å²) in [5.41, 5.74) is 10.8. The summed E-state index contributed by atoms with van der Waals surface area (Å²) in [6, 6.07) is 4.33. The number of hydrogen-bond acceptors (Lipinski definition) is 2. The van der Waals surface area contributed by atoms with Gasteiger partial charge in [0.25, 0.3) is 0 Å². The van der Waals surface area contributed by atoms with Crippen molar-refractivity contribution in [3.8, 4) is 0 Å². The Morgan fingerprint density at radius 2 is 1.72 bits per heavy atom. The maximum Gasteiger partial charge on any atom is 0.226 e. The van der Waals surface area contributed by atoms with Crippen LogP contribution in [-0.2, 0) is 11.2 Å². The molecule has 3 heteroatoms. The molecule has 0 aliphatic carbocycles. The van der Waals surface area contributed by atoms with E-state index in [1.54, 1.807) is 19.0 Å². The molecule has 2 N–H and O–H groups in total. The second-order valence-electron chi connectivity index (χ2n) is 5.25. The molecule has 0 aliphatic rings. The molecule has 3 nitrogen and oxygen atoms in total. The number of aryl methyl sites for hydroxylation is 3. The van der Waals surface area contributed by atoms with E-state index < -0.39 is 0 Å². The van der Waals surface area contributed by atoms with Crippen LogP contribution in [0.4, 0.5) is 0 Å². The summed E-state index contributed by atoms with van der Waals surface area (Å²) in [5.74, 6) is -0.0167. The maximum atomic E-state index is 12.0. The van der Waals surface area contributed by atoms with E-state index in [-0.39, 0.29) is 11.8 Å². The SMILES string of the molecule is Cc1cc(C)c(CC(CN)C(=O)N(C)C)c(C)c1. The van der Waals surface area contributed by atoms with Gasteiger partial charge in [-0.2, -0.15) is 0 Å². The maximum absolute atomic E-state index is 12.0. The summed E-state index contributed by atoms with van der Waals surface area (Å²) in [6.07, 6.45) is 0.728. The van der Waals surface area contributed by atoms with Gasteiger partial charge in [0.1, 0.15) is 0 Å². The van der Waals surface area contributed by atoms with Crippen molar-refractivity contribution in [3.05, 3.63) is 34.4 Å². The van der Waals surface area contributed by atoms with Crippen molar-refractivity contribution in [1.29, 1.82) is 0 Å². The normalized spacial score (nSPS) is 12.3. The van der Waals surface area contributed by atoms with Crippen LogP contribution in [-0.4, -0.2) is 31.4 Å². The van der Waals surface area contributed by atoms with Gasteiger partial charge in [-0.25, -0.2) is 0 Å². The second kappa shape index (κ2) is 6.01. The Balaban J connectivity index is 2.99. The summed E-state index contributed by atoms with van der Waals surface area (Å²) in [7, 11) is 3.56. The molecule has 100 valence electrons. The lowest BCUT2D eigenvalue weighted by atomic mass is 9.90. The molecule has 1 aromatic carbocycles. The van der Waals surface area contributed by atoms with E-state index in [0.717, 1.165) is 6.42 Å². The molecule has 0 spiro atoms. The summed E-state index contributed by atoms with van der Waals surface area (Å²) in [5, 5.41) is 0. The number of rotatable bonds is 4. The molecule has 18 heavy (non-hydrogen) atoms. The molecule has 1 amide bonds. The fourth-order valence-electron chi connectivity index (χ4n) is 2.41. The van der Waals surface area contributed by atoms with Gasteiger partial charge in [-0.05, 0) is 43.9 Å². The Kier molecular flexibility index (Phi) is 4.91. The fourth-order valence-corrected chi connectivity index (χ4v) is 2.41. The van der Waals surface area contributed by atoms with E-state index in [0.29, 0.717) is 6.54 Å². The number of hydrogen-bond donors (Lipinski definition) is 1. The second-order valence-corrected chi connectivity index (χ2v) is 5.25. The summed E-state index contributed by atoms with van der Waals surface area (Å²) in [6.45, 7) is 6.69. The molecule has 1 unspecified atom stereocenters. The molecule has 0 heterocycles. The fraction of sp³-hybridized carbons (Fsp3) is 0.533. The lowest BCUT2D eigenvalue weighted by Gasteiger charge is -2.21. The molecule has 0 saturated carbocycles. The number of carbonyl (C=O) groups is 1. The van der Waals surface area contributed by atoms with E-state index in [2.05, 4.69) is 32.9 Å². The minimum Gasteiger partial charge on any atom is -0.349 e. The first-order chi connectivity index (χ1) is 8.36. The quantitative estimate of drug-likeness (QED) is 0.883. The number of nitrogens with zero attached hydrogens (tertiary/aromatic N) is 1. The molecule has 1 rings (SSSR count). The van der Waals surface area contributed by atoms with E-state index in [9.17, 15) is 4.79 Å². The average molecular weight is 248 g/mol. The largest absolute Gasteiger partial charge is 0.349 e. The third kappa shape index (κ3) is 3.33. The molecule has 0 fully saturated rings. The predicted octanol–water partition coefficient (Wildman–Crippen LogP) is 1.82. The third-order valence-corrected chi connectivity index (χ3v) is 3.37. The van der Waals surface area contributed by atoms with Crippen molar-refractivity contribution >= 4 is 5.91 Å². The topological polar surface area (TPSA) is 46.3 Å². The molecular formula is C15H24N2O. The monoisotopic (exact) mass is 248 g/mol. The highest BCUT2D eigenvalue weighted by Crippen LogP contribution is 2.20. The smallest absolute Gasteiger partial charge is 0.226 e. The molecule has 1 aromatic rings. The van der Waals surface area contributed by atoms with Crippen LogP contribution in [0.2, 0.25) is 0 Å². The van der Waals surface area contributed by atoms with Gasteiger partial charge < -0.3 is 10.6 Å². The van der Waals surface area contributed by atoms with Gasteiger partial charge in [0.15, 0.2) is 0 Å². The Hall–Kier alpha value is -1.35. The number of amides is 1. The van der Waals surface area contributed by atoms with Crippen LogP contribution in [0.1, 0.15) is 22.3 Å². The molecule has 0 aliphatic heterocycles. The van der Waals surface area contributed by atoms with Gasteiger partial charge >= 0.3 is 0 Å². The van der Waals surface area contributed by atoms with Crippen molar-refractivity contribution < 1.29 is 4.79 Å². The van der Waals surface area contributed by atoms with E-state index in [1.807, 2.05) is 0 Å². The summed E-state index contributed by atoms with van der Waals surface area (Å²) in [4.78, 5) is 13.6. The lowest BCUT2D eigenvalue weighted by Crippen LogP contribution is -2.35. The van der Waals surface area contributed by atoms with Crippen LogP contribution in [0.15, 0.2) is 12.1 Å². The Labute approximate surface area is 110 Å². The molecule has 0 radical (unpaired) electrons. The lowest BCUT2D eigenvalue weighted by molar-refractivity contribution is -0.132. The number of nitrogens with two attached hydrogens (primary N) is 1. The Bertz CT molecular complexity index is 415. The zero-order chi connectivity index (χ0) is 13.9. The van der Waals surface area contributed by atoms with Gasteiger partial charge in [-0.3, -0.25) is 4.79 Å². The van der Waals surface area contributed by atoms with Crippen LogP contribution in [0, 0.1) is 26.7 Å². The van der Waals surface area contributed by atoms with Crippen LogP contribution < -0.4 is 5.73 Å². The van der Waals surface area contributed by atoms with Crippen molar-refractivity contribution in [2.75, 3.05) is 20.6 Å². The van der Waals surface area contributed by atoms with Crippen molar-refractivity contribution in [2.24, 2.45) is 11.7 Å². The molecular weight excluding hydrogens is 224 g/mol. The zero-order valence-electron chi connectivity index (χ0n) is 12.1. The summed E-state index contributed by atoms with van der Waals surface area (Å²) < 4.78 is 0. The highest BCUT2D eigenvalue weighted by Gasteiger charge is 2.20. The van der Waals surface area contributed by atoms with Crippen LogP contribution in [0.25, 0.3) is 0 Å². The van der Waals surface area contributed by atoms with Crippen molar-refractivity contribution in [1.82, 2.24) is 4.90 Å². The Morgan fingerprint density at radius 1 is 1.22 bits per heavy atom. The van der Waals surface area contributed by atoms with Crippen LogP contribution in [0.3, 0.4) is 0 Å². The van der Waals surface area contributed by atoms with Crippen molar-refractivity contribution in [3.63, 3.8) is 0 Å². The standard InChI is InChI=1S/C15H24N2O/c1-10-6-11(2)14(12(3)7-10)8-13(9-16)15(18)17(4)5/h6-7,13H,8-9,16H2,1-5H3. The predicted molar refractivity (Wildman–Crippen MR) is 75.6 cm³/mol. The van der Waals surface area contributed by atoms with Gasteiger partial charge in [0.2, 0.25) is 5.91 Å². The number of benzene rings is 1. The minimum atomic E-state index is -0.125. The average Bonchev–Trinajstić information content (AvgIpc) is 2.27. The first kappa shape index (κ1) is 14.7. The third-order valence-electron chi connectivity index (χ3n) is 3.37. The van der Waals surface area contributed by atoms with Crippen molar-refractivity contribution in [2.45, 2.75) is 27.2 Å². The van der Waals surface area contributed by atoms with E-state index in [1.165, 1.54) is 22.3 Å². The van der Waals surface area contributed by atoms with Gasteiger partial charge in [0.05, 0.1) is 5.92 Å². The molecule has 0 aromatic heterocycles. The van der Waals surface area contributed by atoms with Crippen LogP contribution in [0.5, 0.6) is 0 Å². The van der Waals surface area contributed by atoms with Gasteiger partial charge in [-0.1, -0.05) is 17.7 Å². The van der Waals surface area contributed by atoms with E-state index in [4.69, 9.17) is 5.73 Å². The van der Waals surface area contributed by atoms with Gasteiger partial charge in [0, 0.05) is 20.6 Å². The first-order valence-corrected chi connectivity index (χ1v) is 6.34. The molecule has 0 saturated heterocycles. The number of carbonyl (C=O) groups excluding carboxylic acids is 1. The zero-order valence-corrected chi connectivity index (χ0v) is 12.1. The van der Waals surface area contributed by atoms with Crippen LogP contribution >= 0.6 is 0 Å².